The number of hydrogen-bond acceptors (Lipinski definition) is 4. The summed E-state index contributed by atoms with van der Waals surface area (Å²) in [6.07, 6.45) is -0.523. The van der Waals surface area contributed by atoms with E-state index in [4.69, 9.17) is 4.74 Å². The second-order valence-corrected chi connectivity index (χ2v) is 6.57. The highest BCUT2D eigenvalue weighted by Crippen LogP contribution is 2.38. The molecule has 0 radical (unpaired) electrons. The summed E-state index contributed by atoms with van der Waals surface area (Å²) >= 11 is 3.78. The average molecular weight is 397 g/mol. The molecule has 1 N–H and O–H groups in total. The molecule has 0 spiro atoms. The van der Waals surface area contributed by atoms with E-state index in [1.165, 1.54) is 11.3 Å². The molecule has 102 valence electrons. The van der Waals surface area contributed by atoms with Crippen LogP contribution in [0.5, 0.6) is 0 Å². The van der Waals surface area contributed by atoms with Crippen LogP contribution in [0.15, 0.2) is 47.7 Å². The first kappa shape index (κ1) is 13.6. The molecule has 5 heteroatoms. The third kappa shape index (κ3) is 2.35. The maximum absolute atomic E-state index is 12.7. The monoisotopic (exact) mass is 397 g/mol. The normalized spacial score (nSPS) is 18.3. The van der Waals surface area contributed by atoms with Crippen molar-refractivity contribution >= 4 is 45.3 Å². The van der Waals surface area contributed by atoms with Crippen LogP contribution in [0.25, 0.3) is 5.57 Å². The highest BCUT2D eigenvalue weighted by Gasteiger charge is 2.37. The number of halogens is 1. The molecule has 0 aliphatic carbocycles. The second kappa shape index (κ2) is 5.57. The van der Waals surface area contributed by atoms with Crippen LogP contribution >= 0.6 is 33.9 Å². The fourth-order valence-corrected chi connectivity index (χ4v) is 3.50. The SMILES string of the molecule is CNC1=C(c2cccc(I)c2)C(=O)C(c2cccs2)O1. The van der Waals surface area contributed by atoms with Gasteiger partial charge in [0.05, 0.1) is 10.5 Å². The molecular weight excluding hydrogens is 385 g/mol. The molecule has 0 saturated heterocycles. The van der Waals surface area contributed by atoms with Crippen molar-refractivity contribution in [2.45, 2.75) is 6.10 Å². The minimum absolute atomic E-state index is 0.0128. The molecule has 1 atom stereocenters. The molecule has 1 aliphatic heterocycles. The van der Waals surface area contributed by atoms with E-state index < -0.39 is 6.10 Å². The summed E-state index contributed by atoms with van der Waals surface area (Å²) in [6.45, 7) is 0. The molecule has 0 bridgehead atoms. The van der Waals surface area contributed by atoms with Gasteiger partial charge in [-0.05, 0) is 51.7 Å². The van der Waals surface area contributed by atoms with Crippen LogP contribution in [0.2, 0.25) is 0 Å². The van der Waals surface area contributed by atoms with Crippen LogP contribution in [0, 0.1) is 3.57 Å². The number of rotatable bonds is 3. The molecule has 3 nitrogen and oxygen atoms in total. The molecule has 0 fully saturated rings. The number of nitrogens with one attached hydrogen (secondary N) is 1. The van der Waals surface area contributed by atoms with Gasteiger partial charge in [0.1, 0.15) is 0 Å². The van der Waals surface area contributed by atoms with Crippen molar-refractivity contribution in [3.05, 3.63) is 61.7 Å². The predicted octanol–water partition coefficient (Wildman–Crippen LogP) is 3.58. The summed E-state index contributed by atoms with van der Waals surface area (Å²) in [6, 6.07) is 11.7. The van der Waals surface area contributed by atoms with E-state index in [1.807, 2.05) is 41.8 Å². The van der Waals surface area contributed by atoms with Crippen molar-refractivity contribution < 1.29 is 9.53 Å². The van der Waals surface area contributed by atoms with E-state index in [-0.39, 0.29) is 5.78 Å². The van der Waals surface area contributed by atoms with Crippen LogP contribution < -0.4 is 5.32 Å². The lowest BCUT2D eigenvalue weighted by Crippen LogP contribution is -2.08. The van der Waals surface area contributed by atoms with Gasteiger partial charge in [-0.25, -0.2) is 0 Å². The van der Waals surface area contributed by atoms with E-state index >= 15 is 0 Å². The Balaban J connectivity index is 2.02. The second-order valence-electron chi connectivity index (χ2n) is 4.34. The first-order valence-corrected chi connectivity index (χ1v) is 8.09. The van der Waals surface area contributed by atoms with Gasteiger partial charge in [0.25, 0.3) is 0 Å². The minimum atomic E-state index is -0.523. The maximum atomic E-state index is 12.7. The van der Waals surface area contributed by atoms with E-state index in [9.17, 15) is 4.79 Å². The van der Waals surface area contributed by atoms with Crippen molar-refractivity contribution in [1.82, 2.24) is 5.32 Å². The van der Waals surface area contributed by atoms with E-state index in [0.29, 0.717) is 11.5 Å². The smallest absolute Gasteiger partial charge is 0.214 e. The van der Waals surface area contributed by atoms with Crippen LogP contribution in [-0.2, 0) is 9.53 Å². The summed E-state index contributed by atoms with van der Waals surface area (Å²) in [5.41, 5.74) is 1.52. The Morgan fingerprint density at radius 3 is 2.80 bits per heavy atom. The van der Waals surface area contributed by atoms with Gasteiger partial charge in [0.15, 0.2) is 12.0 Å². The summed E-state index contributed by atoms with van der Waals surface area (Å²) in [5, 5.41) is 4.95. The summed E-state index contributed by atoms with van der Waals surface area (Å²) < 4.78 is 6.89. The van der Waals surface area contributed by atoms with Crippen molar-refractivity contribution in [3.63, 3.8) is 0 Å². The highest BCUT2D eigenvalue weighted by atomic mass is 127. The lowest BCUT2D eigenvalue weighted by Gasteiger charge is -2.08. The maximum Gasteiger partial charge on any atom is 0.214 e. The Bertz CT molecular complexity index is 679. The van der Waals surface area contributed by atoms with Gasteiger partial charge in [-0.15, -0.1) is 11.3 Å². The number of ether oxygens (including phenoxy) is 1. The van der Waals surface area contributed by atoms with Crippen LogP contribution in [0.4, 0.5) is 0 Å². The predicted molar refractivity (Wildman–Crippen MR) is 88.3 cm³/mol. The molecule has 2 heterocycles. The van der Waals surface area contributed by atoms with Crippen LogP contribution in [0.1, 0.15) is 16.5 Å². The van der Waals surface area contributed by atoms with E-state index in [2.05, 4.69) is 27.9 Å². The Morgan fingerprint density at radius 2 is 2.15 bits per heavy atom. The molecule has 1 aliphatic rings. The molecule has 1 aromatic carbocycles. The van der Waals surface area contributed by atoms with Crippen LogP contribution in [0.3, 0.4) is 0 Å². The van der Waals surface area contributed by atoms with E-state index in [0.717, 1.165) is 14.0 Å². The standard InChI is InChI=1S/C15H12INO2S/c1-17-15-12(9-4-2-5-10(16)8-9)13(18)14(19-15)11-6-3-7-20-11/h2-8,14,17H,1H3. The third-order valence-corrected chi connectivity index (χ3v) is 4.68. The molecule has 3 rings (SSSR count). The summed E-state index contributed by atoms with van der Waals surface area (Å²) in [5.74, 6) is 0.564. The Labute approximate surface area is 134 Å². The molecule has 1 aromatic heterocycles. The molecule has 0 saturated carbocycles. The van der Waals surface area contributed by atoms with Crippen molar-refractivity contribution in [1.29, 1.82) is 0 Å². The Morgan fingerprint density at radius 1 is 1.30 bits per heavy atom. The van der Waals surface area contributed by atoms with Crippen molar-refractivity contribution in [3.8, 4) is 0 Å². The van der Waals surface area contributed by atoms with Gasteiger partial charge in [0, 0.05) is 10.6 Å². The average Bonchev–Trinajstić information content (AvgIpc) is 3.05. The fraction of sp³-hybridized carbons (Fsp3) is 0.133. The van der Waals surface area contributed by atoms with Crippen LogP contribution in [-0.4, -0.2) is 12.8 Å². The zero-order valence-electron chi connectivity index (χ0n) is 10.7. The number of carbonyl (C=O) groups is 1. The van der Waals surface area contributed by atoms with Crippen molar-refractivity contribution in [2.24, 2.45) is 0 Å². The molecular formula is C15H12INO2S. The molecule has 1 unspecified atom stereocenters. The summed E-state index contributed by atoms with van der Waals surface area (Å²) in [7, 11) is 1.77. The molecule has 0 amide bonds. The number of ketones is 1. The molecule has 2 aromatic rings. The lowest BCUT2D eigenvalue weighted by molar-refractivity contribution is -0.120. The lowest BCUT2D eigenvalue weighted by atomic mass is 10.00. The zero-order valence-corrected chi connectivity index (χ0v) is 13.7. The first-order chi connectivity index (χ1) is 9.70. The number of benzene rings is 1. The quantitative estimate of drug-likeness (QED) is 0.805. The van der Waals surface area contributed by atoms with Gasteiger partial charge in [0.2, 0.25) is 5.78 Å². The Kier molecular flexibility index (Phi) is 3.80. The van der Waals surface area contributed by atoms with Crippen molar-refractivity contribution in [2.75, 3.05) is 7.05 Å². The number of Topliss-reactive ketones (excluding diaryl/α,β-unsaturated/α-hetero) is 1. The Hall–Kier alpha value is -1.34. The molecule has 20 heavy (non-hydrogen) atoms. The highest BCUT2D eigenvalue weighted by molar-refractivity contribution is 14.1. The van der Waals surface area contributed by atoms with Gasteiger partial charge < -0.3 is 10.1 Å². The zero-order chi connectivity index (χ0) is 14.1. The number of carbonyl (C=O) groups excluding carboxylic acids is 1. The summed E-state index contributed by atoms with van der Waals surface area (Å²) in [4.78, 5) is 13.6. The van der Waals surface area contributed by atoms with Gasteiger partial charge in [-0.1, -0.05) is 18.2 Å². The topological polar surface area (TPSA) is 38.3 Å². The van der Waals surface area contributed by atoms with E-state index in [1.54, 1.807) is 7.05 Å². The first-order valence-electron chi connectivity index (χ1n) is 6.13. The number of hydrogen-bond donors (Lipinski definition) is 1. The van der Waals surface area contributed by atoms with Gasteiger partial charge in [-0.3, -0.25) is 4.79 Å². The van der Waals surface area contributed by atoms with Gasteiger partial charge >= 0.3 is 0 Å². The third-order valence-electron chi connectivity index (χ3n) is 3.09. The fourth-order valence-electron chi connectivity index (χ4n) is 2.20. The largest absolute Gasteiger partial charge is 0.461 e. The number of thiophene rings is 1. The van der Waals surface area contributed by atoms with Gasteiger partial charge in [-0.2, -0.15) is 0 Å². The minimum Gasteiger partial charge on any atom is -0.461 e.